The Morgan fingerprint density at radius 2 is 2.00 bits per heavy atom. The van der Waals surface area contributed by atoms with Crippen molar-refractivity contribution in [1.29, 1.82) is 0 Å². The van der Waals surface area contributed by atoms with Crippen LogP contribution in [0.15, 0.2) is 32.1 Å². The van der Waals surface area contributed by atoms with E-state index >= 15 is 0 Å². The molecule has 1 aromatic heterocycles. The number of nitrogens with zero attached hydrogens (tertiary/aromatic N) is 1. The number of hydrogen-bond acceptors (Lipinski definition) is 6. The van der Waals surface area contributed by atoms with Crippen LogP contribution in [0.4, 0.5) is 5.88 Å². The Morgan fingerprint density at radius 1 is 1.29 bits per heavy atom. The van der Waals surface area contributed by atoms with Crippen molar-refractivity contribution in [3.63, 3.8) is 0 Å². The number of anilines is 1. The summed E-state index contributed by atoms with van der Waals surface area (Å²) in [6.07, 6.45) is 0. The Bertz CT molecular complexity index is 757. The van der Waals surface area contributed by atoms with E-state index in [2.05, 4.69) is 25.8 Å². The van der Waals surface area contributed by atoms with Gasteiger partial charge in [0.25, 0.3) is 15.9 Å². The Labute approximate surface area is 130 Å². The quantitative estimate of drug-likeness (QED) is 0.861. The van der Waals surface area contributed by atoms with E-state index in [-0.39, 0.29) is 16.5 Å². The first-order valence-corrected chi connectivity index (χ1v) is 8.03. The van der Waals surface area contributed by atoms with Crippen LogP contribution in [0.2, 0.25) is 0 Å². The van der Waals surface area contributed by atoms with Gasteiger partial charge < -0.3 is 14.0 Å². The second kappa shape index (κ2) is 5.94. The fraction of sp³-hybridized carbons (Fsp3) is 0.250. The molecule has 2 rings (SSSR count). The lowest BCUT2D eigenvalue weighted by molar-refractivity contribution is 0.392. The number of aromatic nitrogens is 1. The molecule has 1 heterocycles. The molecule has 0 bridgehead atoms. The monoisotopic (exact) mass is 376 g/mol. The Kier molecular flexibility index (Phi) is 4.43. The van der Waals surface area contributed by atoms with Gasteiger partial charge in [0.15, 0.2) is 0 Å². The molecule has 0 aliphatic rings. The largest absolute Gasteiger partial charge is 0.497 e. The Balaban J connectivity index is 2.46. The number of halogens is 1. The molecule has 0 saturated heterocycles. The van der Waals surface area contributed by atoms with Crippen molar-refractivity contribution in [3.05, 3.63) is 28.4 Å². The van der Waals surface area contributed by atoms with E-state index in [1.807, 2.05) is 0 Å². The SMILES string of the molecule is COc1ccc(OC)c(S(=O)(=O)Nc2onc(C)c2Br)c1. The molecule has 0 aliphatic heterocycles. The van der Waals surface area contributed by atoms with Crippen molar-refractivity contribution < 1.29 is 22.4 Å². The van der Waals surface area contributed by atoms with Gasteiger partial charge in [-0.25, -0.2) is 13.1 Å². The number of methoxy groups -OCH3 is 2. The van der Waals surface area contributed by atoms with Gasteiger partial charge in [0.2, 0.25) is 0 Å². The molecule has 0 unspecified atom stereocenters. The van der Waals surface area contributed by atoms with E-state index in [4.69, 9.17) is 14.0 Å². The molecule has 1 aromatic carbocycles. The average Bonchev–Trinajstić information content (AvgIpc) is 2.78. The predicted molar refractivity (Wildman–Crippen MR) is 79.3 cm³/mol. The second-order valence-corrected chi connectivity index (χ2v) is 6.48. The van der Waals surface area contributed by atoms with Crippen LogP contribution >= 0.6 is 15.9 Å². The first kappa shape index (κ1) is 15.6. The molecule has 0 atom stereocenters. The van der Waals surface area contributed by atoms with Gasteiger partial charge in [-0.3, -0.25) is 0 Å². The lowest BCUT2D eigenvalue weighted by atomic mass is 10.3. The van der Waals surface area contributed by atoms with Crippen LogP contribution in [0.25, 0.3) is 0 Å². The zero-order valence-electron chi connectivity index (χ0n) is 11.5. The number of rotatable bonds is 5. The van der Waals surface area contributed by atoms with Crippen LogP contribution in [0, 0.1) is 6.92 Å². The highest BCUT2D eigenvalue weighted by molar-refractivity contribution is 9.10. The van der Waals surface area contributed by atoms with Crippen molar-refractivity contribution in [2.24, 2.45) is 0 Å². The van der Waals surface area contributed by atoms with Crippen molar-refractivity contribution in [1.82, 2.24) is 5.16 Å². The minimum atomic E-state index is -3.92. The fourth-order valence-corrected chi connectivity index (χ4v) is 3.15. The maximum atomic E-state index is 12.5. The molecule has 0 amide bonds. The number of hydrogen-bond donors (Lipinski definition) is 1. The van der Waals surface area contributed by atoms with Gasteiger partial charge >= 0.3 is 0 Å². The summed E-state index contributed by atoms with van der Waals surface area (Å²) >= 11 is 3.20. The summed E-state index contributed by atoms with van der Waals surface area (Å²) in [5, 5.41) is 3.67. The molecule has 0 radical (unpaired) electrons. The van der Waals surface area contributed by atoms with E-state index in [1.165, 1.54) is 26.4 Å². The van der Waals surface area contributed by atoms with Crippen LogP contribution in [0.1, 0.15) is 5.69 Å². The van der Waals surface area contributed by atoms with Gasteiger partial charge in [-0.15, -0.1) is 0 Å². The van der Waals surface area contributed by atoms with Gasteiger partial charge in [-0.1, -0.05) is 5.16 Å². The number of ether oxygens (including phenoxy) is 2. The lowest BCUT2D eigenvalue weighted by Crippen LogP contribution is -2.14. The summed E-state index contributed by atoms with van der Waals surface area (Å²) in [7, 11) is -1.09. The summed E-state index contributed by atoms with van der Waals surface area (Å²) in [5.74, 6) is 0.581. The third kappa shape index (κ3) is 3.13. The summed E-state index contributed by atoms with van der Waals surface area (Å²) in [5.41, 5.74) is 0.533. The van der Waals surface area contributed by atoms with Crippen LogP contribution in [-0.4, -0.2) is 27.8 Å². The van der Waals surface area contributed by atoms with Gasteiger partial charge in [-0.05, 0) is 35.0 Å². The minimum absolute atomic E-state index is 0.00243. The van der Waals surface area contributed by atoms with Crippen molar-refractivity contribution in [2.75, 3.05) is 18.9 Å². The van der Waals surface area contributed by atoms with Crippen molar-refractivity contribution >= 4 is 31.8 Å². The van der Waals surface area contributed by atoms with Crippen molar-refractivity contribution in [2.45, 2.75) is 11.8 Å². The molecule has 0 fully saturated rings. The summed E-state index contributed by atoms with van der Waals surface area (Å²) in [6.45, 7) is 1.68. The highest BCUT2D eigenvalue weighted by Crippen LogP contribution is 2.32. The van der Waals surface area contributed by atoms with Crippen LogP contribution in [-0.2, 0) is 10.0 Å². The molecule has 7 nitrogen and oxygen atoms in total. The van der Waals surface area contributed by atoms with E-state index in [0.29, 0.717) is 15.9 Å². The minimum Gasteiger partial charge on any atom is -0.497 e. The van der Waals surface area contributed by atoms with E-state index in [9.17, 15) is 8.42 Å². The number of aryl methyl sites for hydroxylation is 1. The third-order valence-electron chi connectivity index (χ3n) is 2.68. The number of nitrogens with one attached hydrogen (secondary N) is 1. The zero-order valence-corrected chi connectivity index (χ0v) is 13.9. The molecule has 0 spiro atoms. The van der Waals surface area contributed by atoms with Gasteiger partial charge in [0.05, 0.1) is 19.9 Å². The smallest absolute Gasteiger partial charge is 0.268 e. The van der Waals surface area contributed by atoms with Gasteiger partial charge in [0.1, 0.15) is 20.9 Å². The van der Waals surface area contributed by atoms with Crippen LogP contribution in [0.3, 0.4) is 0 Å². The molecule has 0 aliphatic carbocycles. The summed E-state index contributed by atoms with van der Waals surface area (Å²) < 4.78 is 42.7. The third-order valence-corrected chi connectivity index (χ3v) is 4.96. The standard InChI is InChI=1S/C12H13BrN2O5S/c1-7-11(13)12(20-14-7)15-21(16,17)10-6-8(18-2)4-5-9(10)19-3/h4-6,15H,1-3H3. The van der Waals surface area contributed by atoms with E-state index < -0.39 is 10.0 Å². The molecule has 2 aromatic rings. The Morgan fingerprint density at radius 3 is 2.52 bits per heavy atom. The van der Waals surface area contributed by atoms with Gasteiger partial charge in [-0.2, -0.15) is 0 Å². The van der Waals surface area contributed by atoms with Crippen LogP contribution in [0.5, 0.6) is 11.5 Å². The van der Waals surface area contributed by atoms with Gasteiger partial charge in [0, 0.05) is 6.07 Å². The topological polar surface area (TPSA) is 90.7 Å². The number of sulfonamides is 1. The summed E-state index contributed by atoms with van der Waals surface area (Å²) in [6, 6.07) is 4.47. The Hall–Kier alpha value is -1.74. The molecular formula is C12H13BrN2O5S. The lowest BCUT2D eigenvalue weighted by Gasteiger charge is -2.11. The van der Waals surface area contributed by atoms with E-state index in [0.717, 1.165) is 0 Å². The fourth-order valence-electron chi connectivity index (χ4n) is 1.59. The molecule has 114 valence electrons. The highest BCUT2D eigenvalue weighted by atomic mass is 79.9. The first-order chi connectivity index (χ1) is 9.89. The second-order valence-electron chi connectivity index (χ2n) is 4.03. The first-order valence-electron chi connectivity index (χ1n) is 5.75. The molecule has 0 saturated carbocycles. The normalized spacial score (nSPS) is 11.2. The highest BCUT2D eigenvalue weighted by Gasteiger charge is 2.24. The predicted octanol–water partition coefficient (Wildman–Crippen LogP) is 2.56. The molecule has 1 N–H and O–H groups in total. The summed E-state index contributed by atoms with van der Waals surface area (Å²) in [4.78, 5) is -0.0645. The average molecular weight is 377 g/mol. The molecular weight excluding hydrogens is 364 g/mol. The maximum Gasteiger partial charge on any atom is 0.268 e. The zero-order chi connectivity index (χ0) is 15.6. The molecule has 9 heteroatoms. The van der Waals surface area contributed by atoms with E-state index in [1.54, 1.807) is 13.0 Å². The number of benzene rings is 1. The molecule has 21 heavy (non-hydrogen) atoms. The maximum absolute atomic E-state index is 12.5. The van der Waals surface area contributed by atoms with Crippen molar-refractivity contribution in [3.8, 4) is 11.5 Å². The van der Waals surface area contributed by atoms with Crippen LogP contribution < -0.4 is 14.2 Å².